The monoisotopic (exact) mass is 569 g/mol. The van der Waals surface area contributed by atoms with Crippen molar-refractivity contribution >= 4 is 21.9 Å². The number of hydrogen-bond acceptors (Lipinski definition) is 7. The lowest BCUT2D eigenvalue weighted by molar-refractivity contribution is 0.0520. The van der Waals surface area contributed by atoms with Gasteiger partial charge in [0, 0.05) is 36.8 Å². The number of amides is 1. The summed E-state index contributed by atoms with van der Waals surface area (Å²) < 4.78 is 35.7. The second-order valence-corrected chi connectivity index (χ2v) is 12.2. The molecule has 0 radical (unpaired) electrons. The normalized spacial score (nSPS) is 20.2. The Balaban J connectivity index is 1.42. The first-order valence-electron chi connectivity index (χ1n) is 13.6. The molecule has 1 aromatic heterocycles. The molecule has 6 rings (SSSR count). The van der Waals surface area contributed by atoms with Gasteiger partial charge in [0.2, 0.25) is 11.8 Å². The fraction of sp³-hybridized carbons (Fsp3) is 0.258. The maximum absolute atomic E-state index is 13.4. The summed E-state index contributed by atoms with van der Waals surface area (Å²) in [5, 5.41) is 3.12. The molecule has 0 unspecified atom stereocenters. The number of ether oxygens (including phenoxy) is 1. The van der Waals surface area contributed by atoms with Crippen molar-refractivity contribution in [3.8, 4) is 17.1 Å². The second kappa shape index (κ2) is 10.9. The molecule has 0 spiro atoms. The molecule has 2 aliphatic rings. The number of nitrogens with one attached hydrogen (secondary N) is 2. The number of anilines is 1. The van der Waals surface area contributed by atoms with E-state index < -0.39 is 10.0 Å². The van der Waals surface area contributed by atoms with E-state index in [9.17, 15) is 13.2 Å². The minimum atomic E-state index is -4.09. The Morgan fingerprint density at radius 1 is 0.951 bits per heavy atom. The van der Waals surface area contributed by atoms with Gasteiger partial charge in [-0.2, -0.15) is 4.98 Å². The number of carbonyl (C=O) groups is 1. The van der Waals surface area contributed by atoms with Gasteiger partial charge in [0.25, 0.3) is 15.9 Å². The molecular formula is C31H31N5O4S. The number of rotatable bonds is 3. The quantitative estimate of drug-likeness (QED) is 0.378. The van der Waals surface area contributed by atoms with Crippen LogP contribution in [-0.4, -0.2) is 54.4 Å². The zero-order valence-electron chi connectivity index (χ0n) is 22.9. The van der Waals surface area contributed by atoms with E-state index in [2.05, 4.69) is 37.0 Å². The predicted molar refractivity (Wildman–Crippen MR) is 156 cm³/mol. The van der Waals surface area contributed by atoms with Gasteiger partial charge in [-0.15, -0.1) is 0 Å². The average molecular weight is 570 g/mol. The van der Waals surface area contributed by atoms with E-state index in [1.807, 2.05) is 50.2 Å². The van der Waals surface area contributed by atoms with Crippen LogP contribution >= 0.6 is 0 Å². The van der Waals surface area contributed by atoms with E-state index >= 15 is 0 Å². The highest BCUT2D eigenvalue weighted by Crippen LogP contribution is 2.31. The highest BCUT2D eigenvalue weighted by Gasteiger charge is 2.33. The first-order chi connectivity index (χ1) is 19.7. The van der Waals surface area contributed by atoms with Crippen LogP contribution < -0.4 is 14.8 Å². The number of sulfonamides is 1. The van der Waals surface area contributed by atoms with Gasteiger partial charge in [-0.25, -0.2) is 18.1 Å². The van der Waals surface area contributed by atoms with Gasteiger partial charge in [0.1, 0.15) is 6.10 Å². The molecule has 0 saturated carbocycles. The lowest BCUT2D eigenvalue weighted by Crippen LogP contribution is -2.56. The molecule has 41 heavy (non-hydrogen) atoms. The molecule has 2 N–H and O–H groups in total. The fourth-order valence-electron chi connectivity index (χ4n) is 5.53. The Bertz CT molecular complexity index is 1690. The number of carbonyl (C=O) groups excluding carboxylic acids is 1. The summed E-state index contributed by atoms with van der Waals surface area (Å²) >= 11 is 0. The summed E-state index contributed by atoms with van der Waals surface area (Å²) in [6.45, 7) is 6.03. The van der Waals surface area contributed by atoms with Gasteiger partial charge >= 0.3 is 0 Å². The van der Waals surface area contributed by atoms with Gasteiger partial charge < -0.3 is 10.1 Å². The number of aromatic nitrogens is 2. The number of nitrogens with zero attached hydrogens (tertiary/aromatic N) is 3. The van der Waals surface area contributed by atoms with E-state index in [0.29, 0.717) is 18.7 Å². The minimum Gasteiger partial charge on any atom is -0.472 e. The molecular weight excluding hydrogens is 538 g/mol. The molecule has 1 saturated heterocycles. The van der Waals surface area contributed by atoms with E-state index in [0.717, 1.165) is 29.8 Å². The summed E-state index contributed by atoms with van der Waals surface area (Å²) in [5.41, 5.74) is 4.85. The van der Waals surface area contributed by atoms with Crippen LogP contribution in [0.4, 0.5) is 5.95 Å². The SMILES string of the molecule is Cc1cccc(C)c1-c1cc2nc(n1)NS(=O)(=O)c1cccc(c1)C(=O)N[C@@H]1CN(Cc3ccccc3)CC[C@H]1O2. The lowest BCUT2D eigenvalue weighted by atomic mass is 9.99. The Kier molecular flexibility index (Phi) is 7.19. The van der Waals surface area contributed by atoms with Crippen molar-refractivity contribution in [1.29, 1.82) is 0 Å². The first kappa shape index (κ1) is 26.9. The Labute approximate surface area is 239 Å². The van der Waals surface area contributed by atoms with Gasteiger partial charge in [0.05, 0.1) is 16.6 Å². The Hall–Kier alpha value is -4.28. The standard InChI is InChI=1S/C31H31N5O4S/c1-20-8-6-9-21(2)29(20)25-17-28-34-31(33-25)35-41(38,39)24-13-7-12-23(16-24)30(37)32-26-19-36(15-14-27(26)40-28)18-22-10-4-3-5-11-22/h3-13,16-17,26-27H,14-15,18-19H2,1-2H3,(H,32,37)(H,33,34,35)/t26-,27-/m1/s1. The summed E-state index contributed by atoms with van der Waals surface area (Å²) in [7, 11) is -4.09. The number of benzene rings is 3. The molecule has 2 atom stereocenters. The zero-order valence-corrected chi connectivity index (χ0v) is 23.7. The molecule has 0 aliphatic carbocycles. The summed E-state index contributed by atoms with van der Waals surface area (Å²) in [5.74, 6) is -0.223. The van der Waals surface area contributed by atoms with Crippen LogP contribution in [-0.2, 0) is 16.6 Å². The molecule has 1 amide bonds. The number of piperidine rings is 1. The van der Waals surface area contributed by atoms with Crippen molar-refractivity contribution in [2.45, 2.75) is 43.9 Å². The van der Waals surface area contributed by atoms with Crippen molar-refractivity contribution in [2.24, 2.45) is 0 Å². The Morgan fingerprint density at radius 2 is 1.71 bits per heavy atom. The van der Waals surface area contributed by atoms with Crippen molar-refractivity contribution in [3.05, 3.63) is 101 Å². The zero-order chi connectivity index (χ0) is 28.6. The van der Waals surface area contributed by atoms with Crippen LogP contribution in [0.1, 0.15) is 33.5 Å². The first-order valence-corrected chi connectivity index (χ1v) is 15.1. The third-order valence-electron chi connectivity index (χ3n) is 7.54. The summed E-state index contributed by atoms with van der Waals surface area (Å²) in [6.07, 6.45) is 0.252. The highest BCUT2D eigenvalue weighted by molar-refractivity contribution is 7.92. The summed E-state index contributed by atoms with van der Waals surface area (Å²) in [6, 6.07) is 23.5. The molecule has 2 aliphatic heterocycles. The van der Waals surface area contributed by atoms with Gasteiger partial charge in [-0.05, 0) is 55.2 Å². The van der Waals surface area contributed by atoms with Crippen molar-refractivity contribution < 1.29 is 17.9 Å². The van der Waals surface area contributed by atoms with Crippen molar-refractivity contribution in [2.75, 3.05) is 17.8 Å². The van der Waals surface area contributed by atoms with Gasteiger partial charge in [-0.1, -0.05) is 54.6 Å². The molecule has 1 fully saturated rings. The van der Waals surface area contributed by atoms with Crippen molar-refractivity contribution in [3.63, 3.8) is 0 Å². The number of likely N-dealkylation sites (tertiary alicyclic amines) is 1. The van der Waals surface area contributed by atoms with Crippen LogP contribution in [0.3, 0.4) is 0 Å². The van der Waals surface area contributed by atoms with Crippen LogP contribution in [0.5, 0.6) is 5.88 Å². The van der Waals surface area contributed by atoms with Crippen LogP contribution in [0, 0.1) is 13.8 Å². The molecule has 10 heteroatoms. The molecule has 4 aromatic rings. The smallest absolute Gasteiger partial charge is 0.264 e. The van der Waals surface area contributed by atoms with Crippen LogP contribution in [0.25, 0.3) is 11.3 Å². The number of fused-ring (bicyclic) bond motifs is 5. The highest BCUT2D eigenvalue weighted by atomic mass is 32.2. The van der Waals surface area contributed by atoms with Crippen molar-refractivity contribution in [1.82, 2.24) is 20.2 Å². The minimum absolute atomic E-state index is 0.0566. The van der Waals surface area contributed by atoms with Crippen LogP contribution in [0.15, 0.2) is 83.8 Å². The molecule has 9 nitrogen and oxygen atoms in total. The van der Waals surface area contributed by atoms with Gasteiger partial charge in [0.15, 0.2) is 0 Å². The number of hydrogen-bond donors (Lipinski definition) is 2. The molecule has 210 valence electrons. The average Bonchev–Trinajstić information content (AvgIpc) is 2.94. The second-order valence-electron chi connectivity index (χ2n) is 10.6. The van der Waals surface area contributed by atoms with E-state index in [4.69, 9.17) is 4.74 Å². The third-order valence-corrected chi connectivity index (χ3v) is 8.87. The fourth-order valence-corrected chi connectivity index (χ4v) is 6.52. The van der Waals surface area contributed by atoms with E-state index in [1.54, 1.807) is 18.2 Å². The molecule has 4 bridgehead atoms. The predicted octanol–water partition coefficient (Wildman–Crippen LogP) is 4.33. The topological polar surface area (TPSA) is 114 Å². The summed E-state index contributed by atoms with van der Waals surface area (Å²) in [4.78, 5) is 24.7. The van der Waals surface area contributed by atoms with E-state index in [-0.39, 0.29) is 40.3 Å². The third kappa shape index (κ3) is 5.79. The largest absolute Gasteiger partial charge is 0.472 e. The number of aryl methyl sites for hydroxylation is 2. The lowest BCUT2D eigenvalue weighted by Gasteiger charge is -2.38. The Morgan fingerprint density at radius 3 is 2.49 bits per heavy atom. The van der Waals surface area contributed by atoms with Crippen LogP contribution in [0.2, 0.25) is 0 Å². The maximum atomic E-state index is 13.4. The van der Waals surface area contributed by atoms with Gasteiger partial charge in [-0.3, -0.25) is 9.69 Å². The molecule has 3 heterocycles. The van der Waals surface area contributed by atoms with E-state index in [1.165, 1.54) is 17.7 Å². The maximum Gasteiger partial charge on any atom is 0.264 e. The molecule has 3 aromatic carbocycles.